The molecule has 1 aromatic heterocycles. The van der Waals surface area contributed by atoms with Crippen LogP contribution >= 0.6 is 0 Å². The Labute approximate surface area is 140 Å². The summed E-state index contributed by atoms with van der Waals surface area (Å²) >= 11 is 0. The molecule has 0 bridgehead atoms. The molecule has 5 heteroatoms. The van der Waals surface area contributed by atoms with Crippen LogP contribution in [0.2, 0.25) is 0 Å². The van der Waals surface area contributed by atoms with Crippen LogP contribution in [0.15, 0.2) is 41.0 Å². The number of benzene rings is 1. The molecule has 24 heavy (non-hydrogen) atoms. The van der Waals surface area contributed by atoms with Gasteiger partial charge in [-0.1, -0.05) is 0 Å². The molecule has 3 heterocycles. The summed E-state index contributed by atoms with van der Waals surface area (Å²) in [7, 11) is 0. The second-order valence-electron chi connectivity index (χ2n) is 6.90. The Morgan fingerprint density at radius 2 is 2.17 bits per heavy atom. The lowest BCUT2D eigenvalue weighted by Crippen LogP contribution is -2.49. The first-order valence-corrected chi connectivity index (χ1v) is 8.47. The number of hydrogen-bond acceptors (Lipinski definition) is 3. The molecule has 2 aliphatic heterocycles. The molecule has 0 aliphatic carbocycles. The Bertz CT molecular complexity index is 757. The fraction of sp³-hybridized carbons (Fsp3) is 0.421. The quantitative estimate of drug-likeness (QED) is 0.844. The summed E-state index contributed by atoms with van der Waals surface area (Å²) in [6.07, 6.45) is 2.40. The van der Waals surface area contributed by atoms with E-state index in [9.17, 15) is 9.18 Å². The van der Waals surface area contributed by atoms with Gasteiger partial charge < -0.3 is 14.2 Å². The van der Waals surface area contributed by atoms with E-state index in [0.717, 1.165) is 17.7 Å². The minimum atomic E-state index is -0.215. The molecule has 1 saturated heterocycles. The number of piperidine rings is 1. The minimum Gasteiger partial charge on any atom is -0.459 e. The summed E-state index contributed by atoms with van der Waals surface area (Å²) in [6.45, 7) is 5.62. The van der Waals surface area contributed by atoms with Gasteiger partial charge in [0.15, 0.2) is 5.76 Å². The average Bonchev–Trinajstić information content (AvgIpc) is 3.19. The van der Waals surface area contributed by atoms with Gasteiger partial charge in [-0.15, -0.1) is 0 Å². The Morgan fingerprint density at radius 1 is 1.33 bits per heavy atom. The van der Waals surface area contributed by atoms with Gasteiger partial charge in [0.25, 0.3) is 5.91 Å². The van der Waals surface area contributed by atoms with Gasteiger partial charge in [-0.3, -0.25) is 4.79 Å². The molecule has 0 radical (unpaired) electrons. The number of rotatable bonds is 2. The van der Waals surface area contributed by atoms with Crippen LogP contribution < -0.4 is 4.90 Å². The molecule has 0 unspecified atom stereocenters. The Balaban J connectivity index is 1.66. The third kappa shape index (κ3) is 2.30. The lowest BCUT2D eigenvalue weighted by Gasteiger charge is -2.40. The molecular weight excluding hydrogens is 307 g/mol. The molecule has 1 amide bonds. The van der Waals surface area contributed by atoms with Crippen molar-refractivity contribution < 1.29 is 13.6 Å². The fourth-order valence-electron chi connectivity index (χ4n) is 4.22. The summed E-state index contributed by atoms with van der Waals surface area (Å²) in [6, 6.07) is 9.12. The number of hydrogen-bond donors (Lipinski definition) is 0. The molecule has 4 nitrogen and oxygen atoms in total. The number of amides is 1. The van der Waals surface area contributed by atoms with Crippen molar-refractivity contribution in [3.63, 3.8) is 0 Å². The first kappa shape index (κ1) is 15.2. The molecule has 0 N–H and O–H groups in total. The Morgan fingerprint density at radius 3 is 2.88 bits per heavy atom. The van der Waals surface area contributed by atoms with Crippen LogP contribution in [0.1, 0.15) is 42.3 Å². The van der Waals surface area contributed by atoms with Crippen molar-refractivity contribution in [3.8, 4) is 0 Å². The number of carbonyl (C=O) groups excluding carboxylic acids is 1. The monoisotopic (exact) mass is 328 g/mol. The van der Waals surface area contributed by atoms with Crippen molar-refractivity contribution in [1.82, 2.24) is 4.90 Å². The van der Waals surface area contributed by atoms with Crippen molar-refractivity contribution in [2.24, 2.45) is 0 Å². The van der Waals surface area contributed by atoms with Gasteiger partial charge in [0.05, 0.1) is 6.26 Å². The van der Waals surface area contributed by atoms with Crippen LogP contribution in [0.4, 0.5) is 10.1 Å². The molecule has 2 aromatic rings. The van der Waals surface area contributed by atoms with E-state index in [1.54, 1.807) is 18.2 Å². The summed E-state index contributed by atoms with van der Waals surface area (Å²) in [5.74, 6) is 0.212. The van der Waals surface area contributed by atoms with E-state index >= 15 is 0 Å². The lowest BCUT2D eigenvalue weighted by atomic mass is 9.88. The van der Waals surface area contributed by atoms with E-state index < -0.39 is 0 Å². The molecule has 1 fully saturated rings. The van der Waals surface area contributed by atoms with E-state index in [2.05, 4.69) is 18.7 Å². The van der Waals surface area contributed by atoms with Gasteiger partial charge in [0, 0.05) is 36.8 Å². The van der Waals surface area contributed by atoms with E-state index in [-0.39, 0.29) is 17.6 Å². The Hall–Kier alpha value is -2.30. The van der Waals surface area contributed by atoms with E-state index in [0.29, 0.717) is 30.9 Å². The van der Waals surface area contributed by atoms with Crippen LogP contribution in [-0.2, 0) is 0 Å². The first-order chi connectivity index (χ1) is 11.6. The van der Waals surface area contributed by atoms with Crippen molar-refractivity contribution in [3.05, 3.63) is 53.7 Å². The molecular formula is C19H21FN2O2. The van der Waals surface area contributed by atoms with Crippen molar-refractivity contribution >= 4 is 11.6 Å². The summed E-state index contributed by atoms with van der Waals surface area (Å²) in [5, 5.41) is 0. The van der Waals surface area contributed by atoms with E-state index in [1.165, 1.54) is 12.3 Å². The Kier molecular flexibility index (Phi) is 3.59. The maximum atomic E-state index is 13.8. The lowest BCUT2D eigenvalue weighted by molar-refractivity contribution is 0.0663. The molecule has 4 rings (SSSR count). The van der Waals surface area contributed by atoms with Crippen molar-refractivity contribution in [1.29, 1.82) is 0 Å². The predicted octanol–water partition coefficient (Wildman–Crippen LogP) is 3.65. The molecule has 0 saturated carbocycles. The van der Waals surface area contributed by atoms with E-state index in [1.807, 2.05) is 11.0 Å². The highest BCUT2D eigenvalue weighted by molar-refractivity contribution is 5.91. The largest absolute Gasteiger partial charge is 0.459 e. The number of fused-ring (bicyclic) bond motifs is 3. The summed E-state index contributed by atoms with van der Waals surface area (Å²) < 4.78 is 19.1. The highest BCUT2D eigenvalue weighted by Gasteiger charge is 2.44. The normalized spacial score (nSPS) is 22.7. The van der Waals surface area contributed by atoms with Gasteiger partial charge >= 0.3 is 0 Å². The van der Waals surface area contributed by atoms with Gasteiger partial charge in [-0.25, -0.2) is 4.39 Å². The standard InChI is InChI=1S/C19H21FN2O2/c1-12(2)22-16-6-5-13(20)10-14(16)15-11-21(8-7-17(15)22)19(23)18-4-3-9-24-18/h3-6,9-10,12,15,17H,7-8,11H2,1-2H3/t15-,17+/m0/s1. The molecule has 2 atom stereocenters. The zero-order valence-electron chi connectivity index (χ0n) is 13.9. The topological polar surface area (TPSA) is 36.7 Å². The second-order valence-corrected chi connectivity index (χ2v) is 6.90. The van der Waals surface area contributed by atoms with Gasteiger partial charge in [0.1, 0.15) is 5.82 Å². The van der Waals surface area contributed by atoms with Crippen molar-refractivity contribution in [2.75, 3.05) is 18.0 Å². The fourth-order valence-corrected chi connectivity index (χ4v) is 4.22. The van der Waals surface area contributed by atoms with Gasteiger partial charge in [-0.05, 0) is 56.2 Å². The highest BCUT2D eigenvalue weighted by atomic mass is 19.1. The number of anilines is 1. The van der Waals surface area contributed by atoms with Crippen LogP contribution in [0.5, 0.6) is 0 Å². The number of likely N-dealkylation sites (tertiary alicyclic amines) is 1. The van der Waals surface area contributed by atoms with Crippen LogP contribution in [0.25, 0.3) is 0 Å². The number of carbonyl (C=O) groups is 1. The van der Waals surface area contributed by atoms with E-state index in [4.69, 9.17) is 4.42 Å². The summed E-state index contributed by atoms with van der Waals surface area (Å²) in [4.78, 5) is 16.8. The average molecular weight is 328 g/mol. The number of halogens is 1. The molecule has 0 spiro atoms. The zero-order chi connectivity index (χ0) is 16.8. The predicted molar refractivity (Wildman–Crippen MR) is 89.8 cm³/mol. The molecule has 126 valence electrons. The minimum absolute atomic E-state index is 0.0839. The summed E-state index contributed by atoms with van der Waals surface area (Å²) in [5.41, 5.74) is 2.12. The molecule has 2 aliphatic rings. The third-order valence-electron chi connectivity index (χ3n) is 5.18. The van der Waals surface area contributed by atoms with Crippen LogP contribution in [0, 0.1) is 5.82 Å². The second kappa shape index (κ2) is 5.65. The number of furan rings is 1. The molecule has 1 aromatic carbocycles. The zero-order valence-corrected chi connectivity index (χ0v) is 13.9. The van der Waals surface area contributed by atoms with Crippen molar-refractivity contribution in [2.45, 2.75) is 38.3 Å². The maximum Gasteiger partial charge on any atom is 0.289 e. The SMILES string of the molecule is CC(C)N1c2ccc(F)cc2[C@@H]2CN(C(=O)c3ccco3)CC[C@H]21. The first-order valence-electron chi connectivity index (χ1n) is 8.47. The van der Waals surface area contributed by atoms with Gasteiger partial charge in [-0.2, -0.15) is 0 Å². The smallest absolute Gasteiger partial charge is 0.289 e. The third-order valence-corrected chi connectivity index (χ3v) is 5.18. The van der Waals surface area contributed by atoms with Crippen LogP contribution in [-0.4, -0.2) is 36.0 Å². The highest BCUT2D eigenvalue weighted by Crippen LogP contribution is 2.46. The van der Waals surface area contributed by atoms with Crippen LogP contribution in [0.3, 0.4) is 0 Å². The van der Waals surface area contributed by atoms with Gasteiger partial charge in [0.2, 0.25) is 0 Å². The maximum absolute atomic E-state index is 13.8. The number of nitrogens with zero attached hydrogens (tertiary/aromatic N) is 2.